The minimum atomic E-state index is -1.35. The van der Waals surface area contributed by atoms with Gasteiger partial charge in [-0.05, 0) is 30.1 Å². The van der Waals surface area contributed by atoms with Crippen LogP contribution in [0.15, 0.2) is 56.8 Å². The lowest BCUT2D eigenvalue weighted by atomic mass is 10.4. The molecule has 0 fully saturated rings. The van der Waals surface area contributed by atoms with Gasteiger partial charge in [-0.15, -0.1) is 0 Å². The summed E-state index contributed by atoms with van der Waals surface area (Å²) in [6.07, 6.45) is 0. The normalized spacial score (nSPS) is 12.7. The second-order valence-electron chi connectivity index (χ2n) is 3.21. The zero-order valence-electron chi connectivity index (χ0n) is 9.59. The van der Waals surface area contributed by atoms with E-state index in [1.54, 1.807) is 24.3 Å². The van der Waals surface area contributed by atoms with E-state index in [1.165, 1.54) is 6.92 Å². The van der Waals surface area contributed by atoms with E-state index in [4.69, 9.17) is 11.1 Å². The monoisotopic (exact) mass is 262 g/mol. The molecule has 0 spiro atoms. The van der Waals surface area contributed by atoms with Crippen LogP contribution in [-0.4, -0.2) is 9.96 Å². The van der Waals surface area contributed by atoms with E-state index >= 15 is 0 Å². The van der Waals surface area contributed by atoms with Crippen molar-refractivity contribution in [3.8, 4) is 0 Å². The van der Waals surface area contributed by atoms with Gasteiger partial charge in [0.05, 0.1) is 16.6 Å². The largest absolute Gasteiger partial charge is 0.254 e. The molecule has 0 saturated heterocycles. The Morgan fingerprint density at radius 1 is 1.22 bits per heavy atom. The summed E-state index contributed by atoms with van der Waals surface area (Å²) in [4.78, 5) is 5.86. The second-order valence-corrected chi connectivity index (χ2v) is 4.67. The van der Waals surface area contributed by atoms with E-state index < -0.39 is 10.8 Å². The minimum Gasteiger partial charge on any atom is -0.254 e. The Morgan fingerprint density at radius 3 is 2.39 bits per heavy atom. The maximum atomic E-state index is 12.0. The highest BCUT2D eigenvalue weighted by Gasteiger charge is 2.08. The molecular formula is C10H10N6OS. The van der Waals surface area contributed by atoms with Gasteiger partial charge in [0.2, 0.25) is 0 Å². The molecule has 1 atom stereocenters. The van der Waals surface area contributed by atoms with Crippen molar-refractivity contribution >= 4 is 10.8 Å². The first-order valence-corrected chi connectivity index (χ1v) is 6.24. The predicted molar refractivity (Wildman–Crippen MR) is 68.7 cm³/mol. The Morgan fingerprint density at radius 2 is 1.83 bits per heavy atom. The lowest BCUT2D eigenvalue weighted by Crippen LogP contribution is -2.01. The first-order chi connectivity index (χ1) is 8.69. The van der Waals surface area contributed by atoms with Crippen LogP contribution in [0.2, 0.25) is 0 Å². The number of rotatable bonds is 5. The van der Waals surface area contributed by atoms with Gasteiger partial charge < -0.3 is 0 Å². The molecule has 7 nitrogen and oxygen atoms in total. The van der Waals surface area contributed by atoms with Gasteiger partial charge in [0.15, 0.2) is 0 Å². The third kappa shape index (κ3) is 3.95. The molecule has 0 aliphatic rings. The molecule has 0 aliphatic carbocycles. The molecular weight excluding hydrogens is 252 g/mol. The van der Waals surface area contributed by atoms with Gasteiger partial charge in [0, 0.05) is 26.1 Å². The first kappa shape index (κ1) is 13.8. The Hall–Kier alpha value is -2.27. The lowest BCUT2D eigenvalue weighted by Gasteiger charge is -2.03. The van der Waals surface area contributed by atoms with Crippen LogP contribution >= 0.6 is 0 Å². The second kappa shape index (κ2) is 7.13. The summed E-state index contributed by atoms with van der Waals surface area (Å²) in [5.41, 5.74) is 17.1. The van der Waals surface area contributed by atoms with Crippen molar-refractivity contribution in [1.82, 2.24) is 0 Å². The fraction of sp³-hybridized carbons (Fsp3) is 0.200. The summed E-state index contributed by atoms with van der Waals surface area (Å²) in [5.74, 6) is 0.0128. The fourth-order valence-electron chi connectivity index (χ4n) is 1.16. The van der Waals surface area contributed by atoms with Crippen LogP contribution in [0.5, 0.6) is 0 Å². The van der Waals surface area contributed by atoms with Crippen LogP contribution in [0.4, 0.5) is 0 Å². The van der Waals surface area contributed by atoms with Crippen molar-refractivity contribution in [2.24, 2.45) is 10.2 Å². The molecule has 1 unspecified atom stereocenters. The molecule has 1 rings (SSSR count). The summed E-state index contributed by atoms with van der Waals surface area (Å²) >= 11 is 0. The average molecular weight is 262 g/mol. The lowest BCUT2D eigenvalue weighted by molar-refractivity contribution is 0.684. The van der Waals surface area contributed by atoms with Gasteiger partial charge in [-0.1, -0.05) is 28.4 Å². The van der Waals surface area contributed by atoms with Gasteiger partial charge in [-0.25, -0.2) is 0 Å². The zero-order valence-corrected chi connectivity index (χ0v) is 10.4. The molecule has 8 heteroatoms. The van der Waals surface area contributed by atoms with Crippen LogP contribution < -0.4 is 0 Å². The molecule has 0 heterocycles. The van der Waals surface area contributed by atoms with Gasteiger partial charge in [-0.3, -0.25) is 4.21 Å². The highest BCUT2D eigenvalue weighted by atomic mass is 32.2. The maximum absolute atomic E-state index is 12.0. The number of azide groups is 2. The molecule has 1 aromatic rings. The quantitative estimate of drug-likeness (QED) is 0.449. The number of hydrogen-bond acceptors (Lipinski definition) is 3. The van der Waals surface area contributed by atoms with Crippen molar-refractivity contribution in [2.75, 3.05) is 5.75 Å². The third-order valence-electron chi connectivity index (χ3n) is 2.05. The van der Waals surface area contributed by atoms with Crippen LogP contribution in [0.3, 0.4) is 0 Å². The van der Waals surface area contributed by atoms with Crippen LogP contribution in [0, 0.1) is 0 Å². The van der Waals surface area contributed by atoms with Crippen molar-refractivity contribution in [3.63, 3.8) is 0 Å². The number of allylic oxidation sites excluding steroid dienone is 1. The number of hydrogen-bond donors (Lipinski definition) is 0. The van der Waals surface area contributed by atoms with Gasteiger partial charge in [0.1, 0.15) is 0 Å². The molecule has 0 amide bonds. The van der Waals surface area contributed by atoms with Gasteiger partial charge >= 0.3 is 0 Å². The molecule has 92 valence electrons. The smallest absolute Gasteiger partial charge is 0.0572 e. The SMILES string of the molecule is C/C(N=[N+]=[N-])=C(/CS(=O)c1ccccc1)N=[N+]=[N-]. The van der Waals surface area contributed by atoms with Crippen molar-refractivity contribution in [1.29, 1.82) is 0 Å². The topological polar surface area (TPSA) is 115 Å². The fourth-order valence-corrected chi connectivity index (χ4v) is 2.31. The summed E-state index contributed by atoms with van der Waals surface area (Å²) in [6.45, 7) is 1.51. The first-order valence-electron chi connectivity index (χ1n) is 4.92. The number of benzene rings is 1. The Kier molecular flexibility index (Phi) is 5.47. The van der Waals surface area contributed by atoms with E-state index in [2.05, 4.69) is 20.1 Å². The van der Waals surface area contributed by atoms with Crippen LogP contribution in [-0.2, 0) is 10.8 Å². The zero-order chi connectivity index (χ0) is 13.4. The van der Waals surface area contributed by atoms with Crippen LogP contribution in [0.25, 0.3) is 20.9 Å². The molecule has 0 aromatic heterocycles. The molecule has 0 saturated carbocycles. The Balaban J connectivity index is 3.00. The van der Waals surface area contributed by atoms with E-state index in [9.17, 15) is 4.21 Å². The average Bonchev–Trinajstić information content (AvgIpc) is 2.39. The molecule has 18 heavy (non-hydrogen) atoms. The van der Waals surface area contributed by atoms with Crippen molar-refractivity contribution in [2.45, 2.75) is 11.8 Å². The maximum Gasteiger partial charge on any atom is 0.0572 e. The summed E-state index contributed by atoms with van der Waals surface area (Å²) in [5, 5.41) is 6.76. The molecule has 0 N–H and O–H groups in total. The third-order valence-corrected chi connectivity index (χ3v) is 3.39. The summed E-state index contributed by atoms with van der Waals surface area (Å²) in [7, 11) is -1.35. The Labute approximate surface area is 106 Å². The van der Waals surface area contributed by atoms with E-state index in [1.807, 2.05) is 6.07 Å². The predicted octanol–water partition coefficient (Wildman–Crippen LogP) is 3.65. The molecule has 0 radical (unpaired) electrons. The standard InChI is InChI=1S/C10H10N6OS/c1-8(13-15-11)10(14-16-12)7-18(17)9-5-3-2-4-6-9/h2-6H,7H2,1H3/b10-8+. The molecule has 0 aliphatic heterocycles. The van der Waals surface area contributed by atoms with Gasteiger partial charge in [0.25, 0.3) is 0 Å². The highest BCUT2D eigenvalue weighted by molar-refractivity contribution is 7.85. The van der Waals surface area contributed by atoms with Crippen molar-refractivity contribution < 1.29 is 4.21 Å². The van der Waals surface area contributed by atoms with E-state index in [0.717, 1.165) is 0 Å². The summed E-state index contributed by atoms with van der Waals surface area (Å²) in [6, 6.07) is 8.78. The number of nitrogens with zero attached hydrogens (tertiary/aromatic N) is 6. The highest BCUT2D eigenvalue weighted by Crippen LogP contribution is 2.14. The van der Waals surface area contributed by atoms with E-state index in [-0.39, 0.29) is 17.1 Å². The minimum absolute atomic E-state index is 0.0128. The van der Waals surface area contributed by atoms with Crippen molar-refractivity contribution in [3.05, 3.63) is 62.6 Å². The molecule has 0 bridgehead atoms. The molecule has 1 aromatic carbocycles. The Bertz CT molecular complexity index is 569. The van der Waals surface area contributed by atoms with E-state index in [0.29, 0.717) is 4.90 Å². The van der Waals surface area contributed by atoms with Gasteiger partial charge in [-0.2, -0.15) is 0 Å². The summed E-state index contributed by atoms with van der Waals surface area (Å²) < 4.78 is 12.0. The van der Waals surface area contributed by atoms with Crippen LogP contribution in [0.1, 0.15) is 6.92 Å².